The van der Waals surface area contributed by atoms with E-state index in [-0.39, 0.29) is 5.75 Å². The minimum atomic E-state index is -3.24. The van der Waals surface area contributed by atoms with Gasteiger partial charge in [-0.25, -0.2) is 8.42 Å². The standard InChI is InChI=1S/C12H16N2O2S/c1-10(6-7-13)17(15,16)9-12-5-3-2-4-11(12)8-14/h2-5,10H,6-7,9,13H2,1H3. The van der Waals surface area contributed by atoms with Crippen molar-refractivity contribution in [2.75, 3.05) is 6.54 Å². The maximum absolute atomic E-state index is 12.0. The highest BCUT2D eigenvalue weighted by Gasteiger charge is 2.21. The van der Waals surface area contributed by atoms with Crippen LogP contribution in [0, 0.1) is 11.3 Å². The number of hydrogen-bond acceptors (Lipinski definition) is 4. The van der Waals surface area contributed by atoms with Crippen LogP contribution in [0.5, 0.6) is 0 Å². The van der Waals surface area contributed by atoms with Gasteiger partial charge in [-0.05, 0) is 31.5 Å². The summed E-state index contributed by atoms with van der Waals surface area (Å²) in [7, 11) is -3.24. The van der Waals surface area contributed by atoms with Gasteiger partial charge in [0.1, 0.15) is 0 Å². The van der Waals surface area contributed by atoms with E-state index in [1.165, 1.54) is 0 Å². The fourth-order valence-electron chi connectivity index (χ4n) is 1.53. The molecule has 0 radical (unpaired) electrons. The van der Waals surface area contributed by atoms with Crippen molar-refractivity contribution >= 4 is 9.84 Å². The van der Waals surface area contributed by atoms with Gasteiger partial charge in [-0.2, -0.15) is 5.26 Å². The van der Waals surface area contributed by atoms with Gasteiger partial charge < -0.3 is 5.73 Å². The van der Waals surface area contributed by atoms with E-state index in [0.717, 1.165) is 0 Å². The van der Waals surface area contributed by atoms with Crippen LogP contribution in [-0.2, 0) is 15.6 Å². The van der Waals surface area contributed by atoms with E-state index in [2.05, 4.69) is 0 Å². The van der Waals surface area contributed by atoms with E-state index in [1.807, 2.05) is 6.07 Å². The molecule has 2 N–H and O–H groups in total. The second-order valence-corrected chi connectivity index (χ2v) is 6.38. The monoisotopic (exact) mass is 252 g/mol. The van der Waals surface area contributed by atoms with Gasteiger partial charge in [-0.3, -0.25) is 0 Å². The molecule has 4 nitrogen and oxygen atoms in total. The van der Waals surface area contributed by atoms with Crippen LogP contribution >= 0.6 is 0 Å². The number of benzene rings is 1. The van der Waals surface area contributed by atoms with E-state index in [9.17, 15) is 8.42 Å². The van der Waals surface area contributed by atoms with Crippen molar-refractivity contribution in [3.63, 3.8) is 0 Å². The largest absolute Gasteiger partial charge is 0.330 e. The number of nitriles is 1. The first-order valence-electron chi connectivity index (χ1n) is 5.41. The molecule has 0 fully saturated rings. The first-order chi connectivity index (χ1) is 8.01. The van der Waals surface area contributed by atoms with Crippen LogP contribution in [-0.4, -0.2) is 20.2 Å². The lowest BCUT2D eigenvalue weighted by Gasteiger charge is -2.12. The highest BCUT2D eigenvalue weighted by atomic mass is 32.2. The maximum Gasteiger partial charge on any atom is 0.157 e. The van der Waals surface area contributed by atoms with Gasteiger partial charge in [-0.1, -0.05) is 18.2 Å². The van der Waals surface area contributed by atoms with Crippen molar-refractivity contribution in [1.29, 1.82) is 5.26 Å². The minimum Gasteiger partial charge on any atom is -0.330 e. The first kappa shape index (κ1) is 13.7. The van der Waals surface area contributed by atoms with Gasteiger partial charge in [0.05, 0.1) is 22.6 Å². The summed E-state index contributed by atoms with van der Waals surface area (Å²) in [6, 6.07) is 8.75. The van der Waals surface area contributed by atoms with Crippen molar-refractivity contribution in [2.45, 2.75) is 24.3 Å². The van der Waals surface area contributed by atoms with Crippen LogP contribution < -0.4 is 5.73 Å². The number of sulfone groups is 1. The molecule has 0 heterocycles. The fourth-order valence-corrected chi connectivity index (χ4v) is 2.99. The van der Waals surface area contributed by atoms with Crippen LogP contribution in [0.4, 0.5) is 0 Å². The number of rotatable bonds is 5. The van der Waals surface area contributed by atoms with Gasteiger partial charge in [0, 0.05) is 0 Å². The van der Waals surface area contributed by atoms with Crippen molar-refractivity contribution in [3.8, 4) is 6.07 Å². The molecular formula is C12H16N2O2S. The number of hydrogen-bond donors (Lipinski definition) is 1. The van der Waals surface area contributed by atoms with Crippen LogP contribution in [0.1, 0.15) is 24.5 Å². The number of nitrogens with zero attached hydrogens (tertiary/aromatic N) is 1. The first-order valence-corrected chi connectivity index (χ1v) is 7.12. The summed E-state index contributed by atoms with van der Waals surface area (Å²) in [4.78, 5) is 0. The summed E-state index contributed by atoms with van der Waals surface area (Å²) in [6.45, 7) is 2.00. The molecule has 1 aromatic carbocycles. The summed E-state index contributed by atoms with van der Waals surface area (Å²) in [5.74, 6) is -0.0993. The molecule has 0 aliphatic heterocycles. The van der Waals surface area contributed by atoms with E-state index < -0.39 is 15.1 Å². The van der Waals surface area contributed by atoms with Gasteiger partial charge in [-0.15, -0.1) is 0 Å². The van der Waals surface area contributed by atoms with Gasteiger partial charge in [0.2, 0.25) is 0 Å². The molecule has 0 spiro atoms. The Morgan fingerprint density at radius 1 is 1.41 bits per heavy atom. The van der Waals surface area contributed by atoms with E-state index in [4.69, 9.17) is 11.0 Å². The molecule has 1 rings (SSSR count). The molecular weight excluding hydrogens is 236 g/mol. The van der Waals surface area contributed by atoms with Crippen molar-refractivity contribution < 1.29 is 8.42 Å². The molecule has 1 unspecified atom stereocenters. The predicted molar refractivity (Wildman–Crippen MR) is 66.9 cm³/mol. The van der Waals surface area contributed by atoms with Gasteiger partial charge in [0.15, 0.2) is 9.84 Å². The minimum absolute atomic E-state index is 0.0993. The van der Waals surface area contributed by atoms with E-state index in [0.29, 0.717) is 24.1 Å². The molecule has 1 aromatic rings. The SMILES string of the molecule is CC(CCN)S(=O)(=O)Cc1ccccc1C#N. The average molecular weight is 252 g/mol. The molecule has 1 atom stereocenters. The van der Waals surface area contributed by atoms with E-state index >= 15 is 0 Å². The average Bonchev–Trinajstić information content (AvgIpc) is 2.29. The Labute approximate surface area is 102 Å². The third kappa shape index (κ3) is 3.55. The fraction of sp³-hybridized carbons (Fsp3) is 0.417. The van der Waals surface area contributed by atoms with Crippen LogP contribution in [0.15, 0.2) is 24.3 Å². The third-order valence-corrected chi connectivity index (χ3v) is 4.86. The predicted octanol–water partition coefficient (Wildman–Crippen LogP) is 1.21. The Morgan fingerprint density at radius 2 is 2.06 bits per heavy atom. The second kappa shape index (κ2) is 5.80. The lowest BCUT2D eigenvalue weighted by atomic mass is 10.1. The molecule has 0 amide bonds. The summed E-state index contributed by atoms with van der Waals surface area (Å²) in [6.07, 6.45) is 0.442. The third-order valence-electron chi connectivity index (χ3n) is 2.68. The molecule has 0 saturated heterocycles. The maximum atomic E-state index is 12.0. The van der Waals surface area contributed by atoms with Gasteiger partial charge >= 0.3 is 0 Å². The van der Waals surface area contributed by atoms with Crippen molar-refractivity contribution in [2.24, 2.45) is 5.73 Å². The highest BCUT2D eigenvalue weighted by molar-refractivity contribution is 7.91. The highest BCUT2D eigenvalue weighted by Crippen LogP contribution is 2.16. The topological polar surface area (TPSA) is 84.0 Å². The molecule has 0 aliphatic carbocycles. The lowest BCUT2D eigenvalue weighted by Crippen LogP contribution is -2.23. The molecule has 5 heteroatoms. The Kier molecular flexibility index (Phi) is 4.67. The summed E-state index contributed by atoms with van der Waals surface area (Å²) in [5, 5.41) is 8.42. The van der Waals surface area contributed by atoms with Crippen LogP contribution in [0.2, 0.25) is 0 Å². The van der Waals surface area contributed by atoms with Crippen molar-refractivity contribution in [1.82, 2.24) is 0 Å². The Bertz CT molecular complexity index is 518. The lowest BCUT2D eigenvalue weighted by molar-refractivity contribution is 0.577. The Morgan fingerprint density at radius 3 is 2.65 bits per heavy atom. The molecule has 0 aromatic heterocycles. The van der Waals surface area contributed by atoms with E-state index in [1.54, 1.807) is 31.2 Å². The zero-order valence-corrected chi connectivity index (χ0v) is 10.6. The van der Waals surface area contributed by atoms with Crippen LogP contribution in [0.25, 0.3) is 0 Å². The summed E-state index contributed by atoms with van der Waals surface area (Å²) >= 11 is 0. The molecule has 0 saturated carbocycles. The van der Waals surface area contributed by atoms with Crippen LogP contribution in [0.3, 0.4) is 0 Å². The van der Waals surface area contributed by atoms with Crippen molar-refractivity contribution in [3.05, 3.63) is 35.4 Å². The molecule has 92 valence electrons. The normalized spacial score (nSPS) is 13.0. The number of nitrogens with two attached hydrogens (primary N) is 1. The molecule has 0 aliphatic rings. The Balaban J connectivity index is 2.95. The summed E-state index contributed by atoms with van der Waals surface area (Å²) < 4.78 is 24.0. The zero-order chi connectivity index (χ0) is 12.9. The second-order valence-electron chi connectivity index (χ2n) is 3.96. The smallest absolute Gasteiger partial charge is 0.157 e. The van der Waals surface area contributed by atoms with Gasteiger partial charge in [0.25, 0.3) is 0 Å². The Hall–Kier alpha value is -1.38. The summed E-state index contributed by atoms with van der Waals surface area (Å²) in [5.41, 5.74) is 6.33. The molecule has 17 heavy (non-hydrogen) atoms. The molecule has 0 bridgehead atoms. The zero-order valence-electron chi connectivity index (χ0n) is 9.76. The quantitative estimate of drug-likeness (QED) is 0.853.